The number of fused-ring (bicyclic) bond motifs is 2. The van der Waals surface area contributed by atoms with Gasteiger partial charge in [0.25, 0.3) is 0 Å². The number of amides is 2. The molecule has 6 heterocycles. The predicted molar refractivity (Wildman–Crippen MR) is 188 cm³/mol. The fraction of sp³-hybridized carbons (Fsp3) is 0.200. The zero-order valence-electron chi connectivity index (χ0n) is 25.6. The third kappa shape index (κ3) is 8.40. The van der Waals surface area contributed by atoms with Crippen LogP contribution in [0.15, 0.2) is 65.3 Å². The molecule has 0 aromatic carbocycles. The van der Waals surface area contributed by atoms with Gasteiger partial charge in [0.15, 0.2) is 11.3 Å². The van der Waals surface area contributed by atoms with E-state index in [2.05, 4.69) is 46.7 Å². The monoisotopic (exact) mass is 780 g/mol. The van der Waals surface area contributed by atoms with Crippen molar-refractivity contribution in [1.82, 2.24) is 29.2 Å². The van der Waals surface area contributed by atoms with Gasteiger partial charge in [-0.2, -0.15) is 9.97 Å². The smallest absolute Gasteiger partial charge is 0.477 e. The first-order valence-electron chi connectivity index (χ1n) is 15.0. The first kappa shape index (κ1) is 34.8. The molecule has 0 bridgehead atoms. The number of nitrogens with one attached hydrogen (secondary N) is 2. The van der Waals surface area contributed by atoms with Crippen LogP contribution in [0.25, 0.3) is 21.9 Å². The number of nitrogens with zero attached hydrogens (tertiary/aromatic N) is 6. The largest absolute Gasteiger partial charge is 0.499 e. The van der Waals surface area contributed by atoms with Gasteiger partial charge in [-0.1, -0.05) is 18.2 Å². The second-order valence-corrected chi connectivity index (χ2v) is 14.1. The standard InChI is InChI=1S/C15H12N4O3S.C10H9BrN4O.C5H5BO4S/c20-13(8-4-5-8)17-15-16-12-3-1-2-9(19(12)18-15)10-6-7-11(23-10)14(21)22;11-7-2-1-3-8-12-10(14-15(7)8)13-9(16)6-4-5-6;7-5(8)3-1-2-4(11-3)6(9)10/h1-3,6-8H,4-5H2,(H,21,22)(H,17,18,20);1-3,6H,4-5H2,(H,13,14,16);1-2,9-10H,(H,7,8). The lowest BCUT2D eigenvalue weighted by Gasteiger charge is -2.00. The fourth-order valence-corrected chi connectivity index (χ4v) is 6.37. The zero-order valence-corrected chi connectivity index (χ0v) is 28.9. The van der Waals surface area contributed by atoms with Crippen molar-refractivity contribution in [3.8, 4) is 10.6 Å². The maximum atomic E-state index is 11.8. The molecule has 20 heteroatoms. The number of rotatable bonds is 8. The van der Waals surface area contributed by atoms with Gasteiger partial charge in [0.05, 0.1) is 10.6 Å². The number of hydrogen-bond acceptors (Lipinski definition) is 12. The number of halogens is 1. The normalized spacial score (nSPS) is 13.5. The van der Waals surface area contributed by atoms with Crippen LogP contribution in [0.5, 0.6) is 0 Å². The molecule has 2 amide bonds. The van der Waals surface area contributed by atoms with Gasteiger partial charge in [0.2, 0.25) is 23.7 Å². The highest BCUT2D eigenvalue weighted by atomic mass is 79.9. The van der Waals surface area contributed by atoms with Gasteiger partial charge in [-0.3, -0.25) is 20.2 Å². The van der Waals surface area contributed by atoms with E-state index in [1.807, 2.05) is 30.3 Å². The number of pyridine rings is 2. The van der Waals surface area contributed by atoms with Crippen LogP contribution in [-0.2, 0) is 9.59 Å². The lowest BCUT2D eigenvalue weighted by atomic mass is 9.90. The number of carbonyl (C=O) groups is 4. The molecule has 2 aliphatic carbocycles. The van der Waals surface area contributed by atoms with Gasteiger partial charge in [0, 0.05) is 16.6 Å². The van der Waals surface area contributed by atoms with Gasteiger partial charge in [0.1, 0.15) is 14.4 Å². The summed E-state index contributed by atoms with van der Waals surface area (Å²) in [6, 6.07) is 17.0. The molecule has 0 unspecified atom stereocenters. The minimum Gasteiger partial charge on any atom is -0.477 e. The molecule has 256 valence electrons. The second-order valence-electron chi connectivity index (χ2n) is 11.0. The summed E-state index contributed by atoms with van der Waals surface area (Å²) in [5, 5.41) is 48.6. The Morgan fingerprint density at radius 1 is 0.720 bits per heavy atom. The SMILES string of the molecule is O=C(Nc1nc2cccc(Br)n2n1)C1CC1.O=C(O)c1ccc(-c2cccc3nc(NC(=O)C4CC4)nn23)s1.O=C(O)c1ccc(B(O)O)s1. The van der Waals surface area contributed by atoms with E-state index >= 15 is 0 Å². The van der Waals surface area contributed by atoms with E-state index in [-0.39, 0.29) is 44.1 Å². The lowest BCUT2D eigenvalue weighted by Crippen LogP contribution is -2.26. The van der Waals surface area contributed by atoms with Crippen LogP contribution in [0, 0.1) is 11.8 Å². The average molecular weight is 781 g/mol. The fourth-order valence-electron chi connectivity index (χ4n) is 4.38. The van der Waals surface area contributed by atoms with E-state index in [0.29, 0.717) is 17.2 Å². The van der Waals surface area contributed by atoms with Crippen molar-refractivity contribution in [3.63, 3.8) is 0 Å². The second kappa shape index (κ2) is 14.8. The molecule has 50 heavy (non-hydrogen) atoms. The van der Waals surface area contributed by atoms with E-state index in [1.165, 1.54) is 23.5 Å². The molecule has 0 radical (unpaired) electrons. The Labute approximate surface area is 298 Å². The van der Waals surface area contributed by atoms with E-state index in [0.717, 1.165) is 52.2 Å². The molecule has 0 spiro atoms. The summed E-state index contributed by atoms with van der Waals surface area (Å²) in [6.45, 7) is 0. The number of aromatic carboxylic acids is 2. The summed E-state index contributed by atoms with van der Waals surface area (Å²) in [5.74, 6) is -1.16. The van der Waals surface area contributed by atoms with Crippen LogP contribution in [0.1, 0.15) is 45.0 Å². The molecule has 8 rings (SSSR count). The lowest BCUT2D eigenvalue weighted by molar-refractivity contribution is -0.118. The van der Waals surface area contributed by atoms with Crippen molar-refractivity contribution in [1.29, 1.82) is 0 Å². The Balaban J connectivity index is 0.000000139. The molecular formula is C30H26BBrN8O8S2. The molecule has 2 fully saturated rings. The molecular weight excluding hydrogens is 755 g/mol. The Morgan fingerprint density at radius 2 is 1.24 bits per heavy atom. The first-order valence-corrected chi connectivity index (χ1v) is 17.4. The summed E-state index contributed by atoms with van der Waals surface area (Å²) < 4.78 is 4.30. The highest BCUT2D eigenvalue weighted by Crippen LogP contribution is 2.31. The predicted octanol–water partition coefficient (Wildman–Crippen LogP) is 3.47. The van der Waals surface area contributed by atoms with Crippen LogP contribution >= 0.6 is 38.6 Å². The Morgan fingerprint density at radius 3 is 1.72 bits per heavy atom. The Bertz CT molecular complexity index is 2230. The van der Waals surface area contributed by atoms with Crippen LogP contribution in [0.3, 0.4) is 0 Å². The third-order valence-electron chi connectivity index (χ3n) is 7.20. The topological polar surface area (TPSA) is 234 Å². The third-order valence-corrected chi connectivity index (χ3v) is 10.0. The maximum absolute atomic E-state index is 11.8. The summed E-state index contributed by atoms with van der Waals surface area (Å²) in [7, 11) is -1.58. The van der Waals surface area contributed by atoms with Crippen molar-refractivity contribution in [2.75, 3.05) is 10.6 Å². The molecule has 0 saturated heterocycles. The van der Waals surface area contributed by atoms with Gasteiger partial charge in [-0.25, -0.2) is 18.6 Å². The van der Waals surface area contributed by atoms with Crippen molar-refractivity contribution >= 4 is 97.4 Å². The Kier molecular flexibility index (Phi) is 10.3. The molecule has 0 atom stereocenters. The number of thiophene rings is 2. The van der Waals surface area contributed by atoms with Crippen molar-refractivity contribution in [2.45, 2.75) is 25.7 Å². The van der Waals surface area contributed by atoms with Crippen molar-refractivity contribution < 1.29 is 39.4 Å². The minimum absolute atomic E-state index is 0.0204. The average Bonchev–Trinajstić information content (AvgIpc) is 3.88. The van der Waals surface area contributed by atoms with E-state index in [1.54, 1.807) is 27.2 Å². The van der Waals surface area contributed by atoms with Gasteiger partial charge >= 0.3 is 19.1 Å². The molecule has 6 aromatic heterocycles. The zero-order chi connectivity index (χ0) is 35.5. The molecule has 16 nitrogen and oxygen atoms in total. The molecule has 6 aromatic rings. The summed E-state index contributed by atoms with van der Waals surface area (Å²) >= 11 is 5.39. The quantitative estimate of drug-likeness (QED) is 0.0963. The summed E-state index contributed by atoms with van der Waals surface area (Å²) in [4.78, 5) is 54.3. The molecule has 2 aliphatic rings. The maximum Gasteiger partial charge on any atom is 0.499 e. The van der Waals surface area contributed by atoms with E-state index < -0.39 is 19.1 Å². The van der Waals surface area contributed by atoms with Gasteiger partial charge in [-0.05, 0) is 84.1 Å². The van der Waals surface area contributed by atoms with Crippen LogP contribution in [0.2, 0.25) is 0 Å². The number of carboxylic acid groups (broad SMARTS) is 2. The Hall–Kier alpha value is -5.02. The summed E-state index contributed by atoms with van der Waals surface area (Å²) in [5.41, 5.74) is 2.04. The number of carboxylic acids is 2. The minimum atomic E-state index is -1.58. The van der Waals surface area contributed by atoms with Crippen molar-refractivity contribution in [2.24, 2.45) is 11.8 Å². The molecule has 6 N–H and O–H groups in total. The van der Waals surface area contributed by atoms with Crippen LogP contribution < -0.4 is 15.4 Å². The van der Waals surface area contributed by atoms with E-state index in [4.69, 9.17) is 20.3 Å². The first-order chi connectivity index (χ1) is 24.0. The summed E-state index contributed by atoms with van der Waals surface area (Å²) in [6.07, 6.45) is 3.78. The number of hydrogen-bond donors (Lipinski definition) is 6. The molecule has 2 saturated carbocycles. The number of aromatic nitrogens is 6. The van der Waals surface area contributed by atoms with Crippen molar-refractivity contribution in [3.05, 3.63) is 75.0 Å². The van der Waals surface area contributed by atoms with Gasteiger partial charge in [-0.15, -0.1) is 32.9 Å². The number of anilines is 2. The number of carbonyl (C=O) groups excluding carboxylic acids is 2. The molecule has 0 aliphatic heterocycles. The highest BCUT2D eigenvalue weighted by molar-refractivity contribution is 9.10. The highest BCUT2D eigenvalue weighted by Gasteiger charge is 2.31. The van der Waals surface area contributed by atoms with Crippen LogP contribution in [0.4, 0.5) is 11.9 Å². The van der Waals surface area contributed by atoms with E-state index in [9.17, 15) is 19.2 Å². The van der Waals surface area contributed by atoms with Gasteiger partial charge < -0.3 is 20.3 Å². The van der Waals surface area contributed by atoms with Crippen LogP contribution in [-0.4, -0.2) is 80.3 Å².